The number of halogens is 1. The highest BCUT2D eigenvalue weighted by atomic mass is 19.1. The van der Waals surface area contributed by atoms with Crippen LogP contribution >= 0.6 is 0 Å². The Labute approximate surface area is 86.4 Å². The molecule has 0 saturated carbocycles. The first-order valence-electron chi connectivity index (χ1n) is 4.45. The van der Waals surface area contributed by atoms with Crippen molar-refractivity contribution in [2.24, 2.45) is 5.73 Å². The van der Waals surface area contributed by atoms with Crippen molar-refractivity contribution in [1.82, 2.24) is 0 Å². The van der Waals surface area contributed by atoms with Gasteiger partial charge in [0, 0.05) is 5.57 Å². The largest absolute Gasteiger partial charge is 0.480 e. The van der Waals surface area contributed by atoms with E-state index in [4.69, 9.17) is 15.9 Å². The molecular formula is C9H14FNO4. The molecule has 0 saturated heterocycles. The number of carbonyl (C=O) groups is 2. The Morgan fingerprint density at radius 3 is 2.40 bits per heavy atom. The van der Waals surface area contributed by atoms with E-state index in [-0.39, 0.29) is 24.8 Å². The zero-order valence-electron chi connectivity index (χ0n) is 8.15. The Morgan fingerprint density at radius 2 is 2.00 bits per heavy atom. The third kappa shape index (κ3) is 5.79. The lowest BCUT2D eigenvalue weighted by molar-refractivity contribution is -0.138. The summed E-state index contributed by atoms with van der Waals surface area (Å²) in [5.74, 6) is -2.36. The van der Waals surface area contributed by atoms with E-state index in [2.05, 4.69) is 0 Å². The Morgan fingerprint density at radius 1 is 1.40 bits per heavy atom. The van der Waals surface area contributed by atoms with E-state index in [0.29, 0.717) is 0 Å². The summed E-state index contributed by atoms with van der Waals surface area (Å²) in [5, 5.41) is 17.1. The van der Waals surface area contributed by atoms with Crippen molar-refractivity contribution < 1.29 is 24.2 Å². The Bertz CT molecular complexity index is 265. The van der Waals surface area contributed by atoms with Gasteiger partial charge in [0.2, 0.25) is 0 Å². The minimum Gasteiger partial charge on any atom is -0.480 e. The fourth-order valence-corrected chi connectivity index (χ4v) is 0.924. The van der Waals surface area contributed by atoms with E-state index < -0.39 is 24.7 Å². The quantitative estimate of drug-likeness (QED) is 0.543. The monoisotopic (exact) mass is 219 g/mol. The van der Waals surface area contributed by atoms with Gasteiger partial charge in [0.15, 0.2) is 0 Å². The molecule has 0 unspecified atom stereocenters. The molecule has 0 bridgehead atoms. The average molecular weight is 219 g/mol. The second-order valence-corrected chi connectivity index (χ2v) is 3.01. The van der Waals surface area contributed by atoms with Gasteiger partial charge in [0.25, 0.3) is 0 Å². The molecule has 0 aromatic rings. The van der Waals surface area contributed by atoms with Crippen molar-refractivity contribution in [2.75, 3.05) is 6.67 Å². The van der Waals surface area contributed by atoms with Crippen LogP contribution in [0.25, 0.3) is 0 Å². The molecule has 15 heavy (non-hydrogen) atoms. The minimum absolute atomic E-state index is 0.00403. The summed E-state index contributed by atoms with van der Waals surface area (Å²) in [6, 6.07) is -1.12. The average Bonchev–Trinajstić information content (AvgIpc) is 2.16. The molecule has 0 aromatic heterocycles. The van der Waals surface area contributed by atoms with Crippen LogP contribution in [0.3, 0.4) is 0 Å². The molecule has 0 aromatic carbocycles. The third-order valence-electron chi connectivity index (χ3n) is 1.79. The second kappa shape index (κ2) is 6.94. The van der Waals surface area contributed by atoms with Crippen LogP contribution in [0.5, 0.6) is 0 Å². The number of carboxylic acid groups (broad SMARTS) is 2. The Balaban J connectivity index is 4.29. The van der Waals surface area contributed by atoms with Gasteiger partial charge < -0.3 is 15.9 Å². The Kier molecular flexibility index (Phi) is 6.28. The van der Waals surface area contributed by atoms with Gasteiger partial charge in [0.05, 0.1) is 6.67 Å². The summed E-state index contributed by atoms with van der Waals surface area (Å²) in [7, 11) is 0. The Hall–Kier alpha value is -1.43. The summed E-state index contributed by atoms with van der Waals surface area (Å²) in [5.41, 5.74) is 5.19. The third-order valence-corrected chi connectivity index (χ3v) is 1.79. The van der Waals surface area contributed by atoms with Crippen LogP contribution in [0.4, 0.5) is 4.39 Å². The molecule has 0 aliphatic carbocycles. The molecule has 0 spiro atoms. The highest BCUT2D eigenvalue weighted by Gasteiger charge is 2.12. The number of carboxylic acids is 2. The van der Waals surface area contributed by atoms with Crippen LogP contribution in [-0.2, 0) is 9.59 Å². The van der Waals surface area contributed by atoms with E-state index in [1.807, 2.05) is 0 Å². The highest BCUT2D eigenvalue weighted by Crippen LogP contribution is 2.08. The molecular weight excluding hydrogens is 205 g/mol. The molecule has 6 heteroatoms. The lowest BCUT2D eigenvalue weighted by atomic mass is 10.1. The number of hydrogen-bond acceptors (Lipinski definition) is 3. The van der Waals surface area contributed by atoms with Crippen LogP contribution in [-0.4, -0.2) is 34.9 Å². The first-order chi connectivity index (χ1) is 6.99. The molecule has 0 fully saturated rings. The number of alkyl halides is 1. The standard InChI is InChI=1S/C9H14FNO4/c10-5-1-2-6(8(12)13)3-4-7(11)9(14)15/h3,7H,1-2,4-5,11H2,(H,12,13)(H,14,15)/b6-3+/t7-/m0/s1. The van der Waals surface area contributed by atoms with Crippen molar-refractivity contribution in [3.63, 3.8) is 0 Å². The molecule has 0 aliphatic heterocycles. The maximum atomic E-state index is 11.8. The summed E-state index contributed by atoms with van der Waals surface area (Å²) in [4.78, 5) is 20.9. The van der Waals surface area contributed by atoms with Crippen LogP contribution in [0.15, 0.2) is 11.6 Å². The summed E-state index contributed by atoms with van der Waals surface area (Å²) in [6.07, 6.45) is 1.36. The van der Waals surface area contributed by atoms with E-state index in [1.54, 1.807) is 0 Å². The SMILES string of the molecule is N[C@@H](C/C=C(\CCCF)C(=O)O)C(=O)O. The van der Waals surface area contributed by atoms with E-state index in [0.717, 1.165) is 0 Å². The molecule has 0 aliphatic rings. The van der Waals surface area contributed by atoms with Crippen molar-refractivity contribution in [2.45, 2.75) is 25.3 Å². The normalized spacial score (nSPS) is 13.6. The lowest BCUT2D eigenvalue weighted by Gasteiger charge is -2.04. The molecule has 0 heterocycles. The fraction of sp³-hybridized carbons (Fsp3) is 0.556. The predicted octanol–water partition coefficient (Wildman–Crippen LogP) is 0.549. The molecule has 0 amide bonds. The zero-order valence-corrected chi connectivity index (χ0v) is 8.15. The molecule has 4 N–H and O–H groups in total. The molecule has 86 valence electrons. The predicted molar refractivity (Wildman–Crippen MR) is 51.2 cm³/mol. The van der Waals surface area contributed by atoms with Gasteiger partial charge >= 0.3 is 11.9 Å². The van der Waals surface area contributed by atoms with Crippen molar-refractivity contribution in [3.05, 3.63) is 11.6 Å². The second-order valence-electron chi connectivity index (χ2n) is 3.01. The maximum Gasteiger partial charge on any atom is 0.331 e. The smallest absolute Gasteiger partial charge is 0.331 e. The fourth-order valence-electron chi connectivity index (χ4n) is 0.924. The molecule has 1 atom stereocenters. The van der Waals surface area contributed by atoms with Crippen molar-refractivity contribution in [1.29, 1.82) is 0 Å². The molecule has 0 radical (unpaired) electrons. The first-order valence-corrected chi connectivity index (χ1v) is 4.45. The minimum atomic E-state index is -1.19. The number of hydrogen-bond donors (Lipinski definition) is 3. The van der Waals surface area contributed by atoms with E-state index in [1.165, 1.54) is 6.08 Å². The van der Waals surface area contributed by atoms with Gasteiger partial charge in [-0.25, -0.2) is 4.79 Å². The first kappa shape index (κ1) is 13.6. The van der Waals surface area contributed by atoms with Gasteiger partial charge in [-0.15, -0.1) is 0 Å². The van der Waals surface area contributed by atoms with Gasteiger partial charge in [0.1, 0.15) is 6.04 Å². The van der Waals surface area contributed by atoms with Crippen LogP contribution in [0.1, 0.15) is 19.3 Å². The number of nitrogens with two attached hydrogens (primary N) is 1. The van der Waals surface area contributed by atoms with Gasteiger partial charge in [-0.2, -0.15) is 0 Å². The van der Waals surface area contributed by atoms with Gasteiger partial charge in [-0.3, -0.25) is 9.18 Å². The lowest BCUT2D eigenvalue weighted by Crippen LogP contribution is -2.29. The summed E-state index contributed by atoms with van der Waals surface area (Å²) in [6.45, 7) is -0.602. The van der Waals surface area contributed by atoms with Crippen LogP contribution in [0, 0.1) is 0 Å². The summed E-state index contributed by atoms with van der Waals surface area (Å²) < 4.78 is 11.8. The van der Waals surface area contributed by atoms with E-state index >= 15 is 0 Å². The van der Waals surface area contributed by atoms with Gasteiger partial charge in [-0.1, -0.05) is 6.08 Å². The van der Waals surface area contributed by atoms with Crippen molar-refractivity contribution in [3.8, 4) is 0 Å². The molecule has 0 rings (SSSR count). The zero-order chi connectivity index (χ0) is 11.8. The highest BCUT2D eigenvalue weighted by molar-refractivity contribution is 5.86. The number of aliphatic carboxylic acids is 2. The summed E-state index contributed by atoms with van der Waals surface area (Å²) >= 11 is 0. The van der Waals surface area contributed by atoms with E-state index in [9.17, 15) is 14.0 Å². The number of rotatable bonds is 7. The van der Waals surface area contributed by atoms with Crippen LogP contribution < -0.4 is 5.73 Å². The van der Waals surface area contributed by atoms with Crippen molar-refractivity contribution >= 4 is 11.9 Å². The maximum absolute atomic E-state index is 11.8. The van der Waals surface area contributed by atoms with Gasteiger partial charge in [-0.05, 0) is 19.3 Å². The molecule has 5 nitrogen and oxygen atoms in total. The van der Waals surface area contributed by atoms with Crippen LogP contribution in [0.2, 0.25) is 0 Å². The topological polar surface area (TPSA) is 101 Å².